The van der Waals surface area contributed by atoms with Crippen molar-refractivity contribution >= 4 is 21.7 Å². The van der Waals surface area contributed by atoms with Crippen molar-refractivity contribution in [1.29, 1.82) is 5.26 Å². The first-order valence-electron chi connectivity index (χ1n) is 6.70. The van der Waals surface area contributed by atoms with Crippen molar-refractivity contribution in [3.63, 3.8) is 0 Å². The molecular formula is C16H15BrN2O3. The normalized spacial score (nSPS) is 17.8. The first-order valence-corrected chi connectivity index (χ1v) is 7.49. The van der Waals surface area contributed by atoms with Crippen LogP contribution in [0.15, 0.2) is 51.7 Å². The van der Waals surface area contributed by atoms with Crippen LogP contribution in [0.1, 0.15) is 25.3 Å². The van der Waals surface area contributed by atoms with Gasteiger partial charge < -0.3 is 15.2 Å². The van der Waals surface area contributed by atoms with Crippen molar-refractivity contribution in [3.05, 3.63) is 57.3 Å². The van der Waals surface area contributed by atoms with Gasteiger partial charge in [-0.05, 0) is 31.5 Å². The third-order valence-corrected chi connectivity index (χ3v) is 3.72. The van der Waals surface area contributed by atoms with Gasteiger partial charge >= 0.3 is 0 Å². The van der Waals surface area contributed by atoms with Crippen LogP contribution in [0.25, 0.3) is 0 Å². The molecule has 1 aromatic carbocycles. The molecular weight excluding hydrogens is 348 g/mol. The van der Waals surface area contributed by atoms with Crippen LogP contribution in [-0.4, -0.2) is 12.4 Å². The molecule has 0 bridgehead atoms. The lowest BCUT2D eigenvalue weighted by Gasteiger charge is -2.27. The number of rotatable bonds is 4. The average molecular weight is 363 g/mol. The predicted octanol–water partition coefficient (Wildman–Crippen LogP) is 3.09. The van der Waals surface area contributed by atoms with E-state index in [0.717, 1.165) is 10.0 Å². The highest BCUT2D eigenvalue weighted by Gasteiger charge is 2.36. The Labute approximate surface area is 137 Å². The molecule has 0 aliphatic carbocycles. The second-order valence-electron chi connectivity index (χ2n) is 4.67. The number of hydrogen-bond donors (Lipinski definition) is 1. The largest absolute Gasteiger partial charge is 0.465 e. The molecule has 6 heteroatoms. The number of hydrogen-bond acceptors (Lipinski definition) is 5. The first-order chi connectivity index (χ1) is 10.5. The molecule has 0 saturated heterocycles. The second kappa shape index (κ2) is 6.67. The third kappa shape index (κ3) is 3.00. The number of allylic oxidation sites excluding steroid dienone is 2. The van der Waals surface area contributed by atoms with E-state index in [1.54, 1.807) is 6.92 Å². The van der Waals surface area contributed by atoms with Gasteiger partial charge in [-0.1, -0.05) is 28.1 Å². The van der Waals surface area contributed by atoms with Crippen LogP contribution < -0.4 is 5.73 Å². The summed E-state index contributed by atoms with van der Waals surface area (Å²) >= 11 is 3.39. The van der Waals surface area contributed by atoms with Gasteiger partial charge in [0.1, 0.15) is 11.6 Å². The zero-order valence-corrected chi connectivity index (χ0v) is 13.8. The number of Topliss-reactive ketones (excluding diaryl/α,β-unsaturated/α-hetero) is 1. The van der Waals surface area contributed by atoms with E-state index in [1.807, 2.05) is 30.3 Å². The standard InChI is InChI=1S/C16H15BrN2O3/c1-3-21-16-13(9(2)20)14(12(8-18)15(19)22-16)10-5-4-6-11(17)7-10/h4-7,14H,3,19H2,1-2H3/t14-/m1/s1. The molecule has 0 radical (unpaired) electrons. The molecule has 0 spiro atoms. The van der Waals surface area contributed by atoms with Crippen molar-refractivity contribution in [3.8, 4) is 6.07 Å². The SMILES string of the molecule is CCOC1=C(C(C)=O)[C@H](c2cccc(Br)c2)C(C#N)=C(N)O1. The van der Waals surface area contributed by atoms with Gasteiger partial charge in [-0.15, -0.1) is 0 Å². The molecule has 5 nitrogen and oxygen atoms in total. The van der Waals surface area contributed by atoms with Crippen LogP contribution in [0.5, 0.6) is 0 Å². The Balaban J connectivity index is 2.67. The lowest BCUT2D eigenvalue weighted by molar-refractivity contribution is -0.114. The number of carbonyl (C=O) groups excluding carboxylic acids is 1. The summed E-state index contributed by atoms with van der Waals surface area (Å²) in [6.07, 6.45) is 0. The van der Waals surface area contributed by atoms with Crippen LogP contribution in [0.3, 0.4) is 0 Å². The molecule has 1 aliphatic heterocycles. The Bertz CT molecular complexity index is 716. The number of ether oxygens (including phenoxy) is 2. The maximum atomic E-state index is 12.1. The smallest absolute Gasteiger partial charge is 0.294 e. The molecule has 22 heavy (non-hydrogen) atoms. The lowest BCUT2D eigenvalue weighted by Crippen LogP contribution is -2.25. The van der Waals surface area contributed by atoms with Gasteiger partial charge in [-0.2, -0.15) is 5.26 Å². The van der Waals surface area contributed by atoms with Gasteiger partial charge in [0.2, 0.25) is 5.88 Å². The van der Waals surface area contributed by atoms with Gasteiger partial charge in [0.25, 0.3) is 5.95 Å². The lowest BCUT2D eigenvalue weighted by atomic mass is 9.82. The van der Waals surface area contributed by atoms with E-state index in [4.69, 9.17) is 15.2 Å². The Hall–Kier alpha value is -2.26. The highest BCUT2D eigenvalue weighted by atomic mass is 79.9. The van der Waals surface area contributed by atoms with Crippen LogP contribution >= 0.6 is 15.9 Å². The molecule has 0 amide bonds. The Kier molecular flexibility index (Phi) is 4.88. The van der Waals surface area contributed by atoms with Crippen molar-refractivity contribution in [2.24, 2.45) is 5.73 Å². The highest BCUT2D eigenvalue weighted by molar-refractivity contribution is 9.10. The van der Waals surface area contributed by atoms with Crippen LogP contribution in [-0.2, 0) is 14.3 Å². The maximum Gasteiger partial charge on any atom is 0.294 e. The summed E-state index contributed by atoms with van der Waals surface area (Å²) in [5.41, 5.74) is 7.10. The predicted molar refractivity (Wildman–Crippen MR) is 84.1 cm³/mol. The minimum atomic E-state index is -0.602. The van der Waals surface area contributed by atoms with Gasteiger partial charge in [-0.3, -0.25) is 4.79 Å². The molecule has 0 aromatic heterocycles. The molecule has 1 heterocycles. The quantitative estimate of drug-likeness (QED) is 0.889. The van der Waals surface area contributed by atoms with E-state index in [-0.39, 0.29) is 23.2 Å². The second-order valence-corrected chi connectivity index (χ2v) is 5.59. The van der Waals surface area contributed by atoms with Crippen molar-refractivity contribution in [2.45, 2.75) is 19.8 Å². The number of nitriles is 1. The minimum Gasteiger partial charge on any atom is -0.465 e. The summed E-state index contributed by atoms with van der Waals surface area (Å²) in [6, 6.07) is 9.41. The Morgan fingerprint density at radius 1 is 1.55 bits per heavy atom. The highest BCUT2D eigenvalue weighted by Crippen LogP contribution is 2.40. The van der Waals surface area contributed by atoms with E-state index < -0.39 is 5.92 Å². The van der Waals surface area contributed by atoms with E-state index in [0.29, 0.717) is 12.2 Å². The van der Waals surface area contributed by atoms with E-state index in [9.17, 15) is 10.1 Å². The number of ketones is 1. The van der Waals surface area contributed by atoms with Gasteiger partial charge in [-0.25, -0.2) is 0 Å². The fourth-order valence-corrected chi connectivity index (χ4v) is 2.76. The zero-order valence-electron chi connectivity index (χ0n) is 12.2. The molecule has 0 saturated carbocycles. The van der Waals surface area contributed by atoms with Gasteiger partial charge in [0.15, 0.2) is 5.78 Å². The van der Waals surface area contributed by atoms with Crippen LogP contribution in [0.2, 0.25) is 0 Å². The molecule has 114 valence electrons. The first kappa shape index (κ1) is 16.1. The van der Waals surface area contributed by atoms with Crippen LogP contribution in [0, 0.1) is 11.3 Å². The zero-order chi connectivity index (χ0) is 16.3. The third-order valence-electron chi connectivity index (χ3n) is 3.22. The van der Waals surface area contributed by atoms with Crippen LogP contribution in [0.4, 0.5) is 0 Å². The summed E-state index contributed by atoms with van der Waals surface area (Å²) in [5.74, 6) is -0.804. The maximum absolute atomic E-state index is 12.1. The monoisotopic (exact) mass is 362 g/mol. The average Bonchev–Trinajstić information content (AvgIpc) is 2.46. The summed E-state index contributed by atoms with van der Waals surface area (Å²) in [5, 5.41) is 9.42. The van der Waals surface area contributed by atoms with E-state index >= 15 is 0 Å². The summed E-state index contributed by atoms with van der Waals surface area (Å²) in [4.78, 5) is 12.1. The molecule has 1 aliphatic rings. The number of benzene rings is 1. The molecule has 1 atom stereocenters. The topological polar surface area (TPSA) is 85.3 Å². The summed E-state index contributed by atoms with van der Waals surface area (Å²) < 4.78 is 11.6. The van der Waals surface area contributed by atoms with Gasteiger partial charge in [0, 0.05) is 4.47 Å². The fraction of sp³-hybridized carbons (Fsp3) is 0.250. The fourth-order valence-electron chi connectivity index (χ4n) is 2.34. The minimum absolute atomic E-state index is 0.0408. The number of carbonyl (C=O) groups is 1. The molecule has 1 aromatic rings. The Morgan fingerprint density at radius 2 is 2.27 bits per heavy atom. The molecule has 0 fully saturated rings. The Morgan fingerprint density at radius 3 is 2.82 bits per heavy atom. The summed E-state index contributed by atoms with van der Waals surface area (Å²) in [6.45, 7) is 3.52. The van der Waals surface area contributed by atoms with E-state index in [1.165, 1.54) is 6.92 Å². The molecule has 2 N–H and O–H groups in total. The van der Waals surface area contributed by atoms with Gasteiger partial charge in [0.05, 0.1) is 18.1 Å². The molecule has 0 unspecified atom stereocenters. The number of halogens is 1. The number of nitrogens with zero attached hydrogens (tertiary/aromatic N) is 1. The van der Waals surface area contributed by atoms with Crippen molar-refractivity contribution in [2.75, 3.05) is 6.61 Å². The molecule has 2 rings (SSSR count). The van der Waals surface area contributed by atoms with Crippen molar-refractivity contribution in [1.82, 2.24) is 0 Å². The number of nitrogens with two attached hydrogens (primary N) is 1. The summed E-state index contributed by atoms with van der Waals surface area (Å²) in [7, 11) is 0. The van der Waals surface area contributed by atoms with Crippen molar-refractivity contribution < 1.29 is 14.3 Å². The van der Waals surface area contributed by atoms with E-state index in [2.05, 4.69) is 15.9 Å².